The number of carbonyl (C=O) groups excluding carboxylic acids is 5. The number of aromatic nitrogens is 3. The highest BCUT2D eigenvalue weighted by Crippen LogP contribution is 2.36. The summed E-state index contributed by atoms with van der Waals surface area (Å²) in [6.45, 7) is 9.54. The van der Waals surface area contributed by atoms with Crippen LogP contribution in [0.2, 0.25) is 5.02 Å². The van der Waals surface area contributed by atoms with Crippen molar-refractivity contribution in [3.8, 4) is 0 Å². The first-order valence-corrected chi connectivity index (χ1v) is 30.6. The number of nitrogens with two attached hydrogens (primary N) is 1. The smallest absolute Gasteiger partial charge is 0.251 e. The lowest BCUT2D eigenvalue weighted by Gasteiger charge is -2.40. The molecule has 2 aromatic carbocycles. The number of aromatic amines is 1. The molecule has 18 nitrogen and oxygen atoms in total. The van der Waals surface area contributed by atoms with E-state index in [0.29, 0.717) is 82.2 Å². The fraction of sp³-hybridized carbons (Fsp3) is 0.623. The highest BCUT2D eigenvalue weighted by molar-refractivity contribution is 6.30. The van der Waals surface area contributed by atoms with Gasteiger partial charge in [0.25, 0.3) is 5.91 Å². The van der Waals surface area contributed by atoms with Crippen LogP contribution in [0.5, 0.6) is 0 Å². The van der Waals surface area contributed by atoms with Gasteiger partial charge in [-0.25, -0.2) is 9.97 Å². The normalized spacial score (nSPS) is 22.9. The molecule has 3 atom stereocenters. The summed E-state index contributed by atoms with van der Waals surface area (Å²) in [5, 5.41) is 8.17. The molecule has 5 saturated heterocycles. The molecule has 7 fully saturated rings. The minimum atomic E-state index is -1.02. The molecule has 0 radical (unpaired) electrons. The Bertz CT molecular complexity index is 2770. The lowest BCUT2D eigenvalue weighted by molar-refractivity contribution is -0.140. The van der Waals surface area contributed by atoms with Crippen LogP contribution in [0.25, 0.3) is 11.0 Å². The zero-order valence-electron chi connectivity index (χ0n) is 46.6. The Hall–Kier alpha value is -5.66. The van der Waals surface area contributed by atoms with E-state index < -0.39 is 11.6 Å². The molecule has 4 aromatic rings. The van der Waals surface area contributed by atoms with E-state index in [-0.39, 0.29) is 65.5 Å². The minimum absolute atomic E-state index is 0.0250. The summed E-state index contributed by atoms with van der Waals surface area (Å²) in [7, 11) is 0. The van der Waals surface area contributed by atoms with E-state index in [1.54, 1.807) is 6.33 Å². The van der Waals surface area contributed by atoms with Crippen LogP contribution in [0.15, 0.2) is 67.1 Å². The summed E-state index contributed by atoms with van der Waals surface area (Å²) in [6.07, 6.45) is 17.7. The van der Waals surface area contributed by atoms with Crippen molar-refractivity contribution in [1.82, 2.24) is 50.1 Å². The average molecular weight is 1120 g/mol. The lowest BCUT2D eigenvalue weighted by Crippen LogP contribution is -2.60. The van der Waals surface area contributed by atoms with E-state index >= 15 is 0 Å². The van der Waals surface area contributed by atoms with Crippen molar-refractivity contribution in [1.29, 1.82) is 0 Å². The van der Waals surface area contributed by atoms with E-state index in [4.69, 9.17) is 22.1 Å². The highest BCUT2D eigenvalue weighted by atomic mass is 35.5. The quantitative estimate of drug-likeness (QED) is 0.0925. The van der Waals surface area contributed by atoms with Crippen LogP contribution in [-0.4, -0.2) is 184 Å². The summed E-state index contributed by atoms with van der Waals surface area (Å²) < 4.78 is 6.70. The zero-order chi connectivity index (χ0) is 55.2. The molecular formula is C61H83ClN12O6. The fourth-order valence-corrected chi connectivity index (χ4v) is 13.7. The van der Waals surface area contributed by atoms with E-state index in [9.17, 15) is 24.0 Å². The third-order valence-corrected chi connectivity index (χ3v) is 19.0. The summed E-state index contributed by atoms with van der Waals surface area (Å²) in [4.78, 5) is 93.9. The van der Waals surface area contributed by atoms with Crippen molar-refractivity contribution in [2.24, 2.45) is 17.6 Å². The molecule has 430 valence electrons. The van der Waals surface area contributed by atoms with Crippen molar-refractivity contribution in [2.75, 3.05) is 96.5 Å². The predicted octanol–water partition coefficient (Wildman–Crippen LogP) is 6.27. The number of benzene rings is 2. The van der Waals surface area contributed by atoms with Gasteiger partial charge in [-0.15, -0.1) is 0 Å². The maximum atomic E-state index is 14.4. The van der Waals surface area contributed by atoms with Crippen LogP contribution in [-0.2, 0) is 23.9 Å². The molecule has 7 aliphatic rings. The Morgan fingerprint density at radius 2 is 1.45 bits per heavy atom. The molecule has 80 heavy (non-hydrogen) atoms. The third-order valence-electron chi connectivity index (χ3n) is 18.8. The molecule has 2 saturated carbocycles. The molecule has 5 N–H and O–H groups in total. The summed E-state index contributed by atoms with van der Waals surface area (Å²) in [5.41, 5.74) is 9.30. The van der Waals surface area contributed by atoms with Crippen LogP contribution in [0.1, 0.15) is 136 Å². The average Bonchev–Trinajstić information content (AvgIpc) is 4.26. The topological polar surface area (TPSA) is 206 Å². The number of likely N-dealkylation sites (tertiary alicyclic amines) is 3. The first-order valence-electron chi connectivity index (χ1n) is 30.2. The van der Waals surface area contributed by atoms with Gasteiger partial charge in [-0.05, 0) is 131 Å². The number of nitrogens with one attached hydrogen (secondary N) is 3. The van der Waals surface area contributed by atoms with Crippen molar-refractivity contribution in [3.63, 3.8) is 0 Å². The number of halogens is 1. The van der Waals surface area contributed by atoms with Crippen molar-refractivity contribution < 1.29 is 28.7 Å². The highest BCUT2D eigenvalue weighted by Gasteiger charge is 2.41. The van der Waals surface area contributed by atoms with Gasteiger partial charge in [0.05, 0.1) is 35.7 Å². The second-order valence-electron chi connectivity index (χ2n) is 24.2. The minimum Gasteiger partial charge on any atom is -0.375 e. The molecule has 5 amide bonds. The largest absolute Gasteiger partial charge is 0.375 e. The van der Waals surface area contributed by atoms with Crippen LogP contribution >= 0.6 is 11.6 Å². The zero-order valence-corrected chi connectivity index (χ0v) is 47.3. The molecular weight excluding hydrogens is 1030 g/mol. The number of rotatable bonds is 17. The van der Waals surface area contributed by atoms with Crippen LogP contribution in [0.4, 0.5) is 5.82 Å². The van der Waals surface area contributed by atoms with Gasteiger partial charge < -0.3 is 45.7 Å². The Kier molecular flexibility index (Phi) is 18.0. The molecule has 7 heterocycles. The molecule has 11 rings (SSSR count). The fourth-order valence-electron chi connectivity index (χ4n) is 13.5. The third kappa shape index (κ3) is 13.6. The number of H-pyrrole nitrogens is 1. The lowest BCUT2D eigenvalue weighted by atomic mass is 9.83. The number of ether oxygens (including phenoxy) is 1. The molecule has 2 aromatic heterocycles. The number of nitrogens with zero attached hydrogens (tertiary/aromatic N) is 8. The van der Waals surface area contributed by atoms with E-state index in [0.717, 1.165) is 151 Å². The van der Waals surface area contributed by atoms with Gasteiger partial charge in [-0.2, -0.15) is 0 Å². The maximum absolute atomic E-state index is 14.4. The Labute approximate surface area is 476 Å². The van der Waals surface area contributed by atoms with Gasteiger partial charge in [0.15, 0.2) is 0 Å². The molecule has 5 aliphatic heterocycles. The Morgan fingerprint density at radius 1 is 0.725 bits per heavy atom. The number of anilines is 1. The molecule has 0 bridgehead atoms. The monoisotopic (exact) mass is 1110 g/mol. The number of piperazine rings is 1. The summed E-state index contributed by atoms with van der Waals surface area (Å²) in [6, 6.07) is 16.7. The number of carbonyl (C=O) groups is 5. The molecule has 3 unspecified atom stereocenters. The number of amides is 5. The molecule has 19 heteroatoms. The van der Waals surface area contributed by atoms with E-state index in [1.165, 1.54) is 0 Å². The Morgan fingerprint density at radius 3 is 2.17 bits per heavy atom. The second kappa shape index (κ2) is 25.6. The first kappa shape index (κ1) is 56.2. The summed E-state index contributed by atoms with van der Waals surface area (Å²) in [5.74, 6) is 1.49. The maximum Gasteiger partial charge on any atom is 0.251 e. The SMILES string of the molecule is NC1(C(=O)NC(CCN2CCN(C(=O)CN3CCC(OC4CCN(C(=O)C(NC(=O)c5cccc(C6CCCN(C(=O)C7CC7)C6)c5)C5CCCCC5)CC4)CC3)CC2)c2ccc(Cl)cc2)CCN(c2ncnc3[nH]ccc23)CC1. The van der Waals surface area contributed by atoms with Crippen molar-refractivity contribution >= 4 is 58.0 Å². The predicted molar refractivity (Wildman–Crippen MR) is 308 cm³/mol. The number of piperidine rings is 4. The molecule has 2 aliphatic carbocycles. The van der Waals surface area contributed by atoms with Gasteiger partial charge in [0.1, 0.15) is 23.8 Å². The summed E-state index contributed by atoms with van der Waals surface area (Å²) >= 11 is 6.29. The van der Waals surface area contributed by atoms with Gasteiger partial charge in [0.2, 0.25) is 23.6 Å². The van der Waals surface area contributed by atoms with Crippen molar-refractivity contribution in [3.05, 3.63) is 88.8 Å². The van der Waals surface area contributed by atoms with E-state index in [1.807, 2.05) is 69.4 Å². The second-order valence-corrected chi connectivity index (χ2v) is 24.6. The number of hydrogen-bond donors (Lipinski definition) is 4. The van der Waals surface area contributed by atoms with Gasteiger partial charge >= 0.3 is 0 Å². The first-order chi connectivity index (χ1) is 38.9. The standard InChI is InChI=1S/C61H83ClN12O6/c62-48-15-13-42(14-16-48)52(67-60(79)61(63)23-32-72(33-24-61)56-51-17-25-64-55(51)65-41-66-56)22-29-69-34-36-71(37-35-69)53(75)40-70-27-18-49(19-28-70)80-50-20-30-73(31-21-50)59(78)54(43-6-2-1-3-7-43)68-57(76)46-9-4-8-45(38-46)47-10-5-26-74(39-47)58(77)44-11-12-44/h4,8-9,13-17,25,38,41,43-44,47,49-50,52,54H,1-3,5-7,10-12,18-24,26-37,39-40,63H2,(H,67,79)(H,68,76)(H,64,65,66). The van der Waals surface area contributed by atoms with Crippen LogP contribution < -0.4 is 21.3 Å². The van der Waals surface area contributed by atoms with Gasteiger partial charge in [-0.1, -0.05) is 55.1 Å². The number of fused-ring (bicyclic) bond motifs is 1. The van der Waals surface area contributed by atoms with E-state index in [2.05, 4.69) is 46.4 Å². The molecule has 0 spiro atoms. The Balaban J connectivity index is 0.598. The van der Waals surface area contributed by atoms with Gasteiger partial charge in [-0.3, -0.25) is 33.8 Å². The van der Waals surface area contributed by atoms with Gasteiger partial charge in [0, 0.05) is 114 Å². The van der Waals surface area contributed by atoms with Crippen molar-refractivity contribution in [2.45, 2.75) is 138 Å². The van der Waals surface area contributed by atoms with Crippen LogP contribution in [0, 0.1) is 11.8 Å². The number of hydrogen-bond acceptors (Lipinski definition) is 12. The van der Waals surface area contributed by atoms with Crippen LogP contribution in [0.3, 0.4) is 0 Å².